The molecule has 152 valence electrons. The fourth-order valence-electron chi connectivity index (χ4n) is 3.11. The topological polar surface area (TPSA) is 90.7 Å². The van der Waals surface area contributed by atoms with Gasteiger partial charge in [-0.3, -0.25) is 4.79 Å². The maximum Gasteiger partial charge on any atom is 0.173 e. The maximum atomic E-state index is 12.7. The lowest BCUT2D eigenvalue weighted by Gasteiger charge is -2.18. The predicted octanol–water partition coefficient (Wildman–Crippen LogP) is 3.87. The third kappa shape index (κ3) is 3.84. The van der Waals surface area contributed by atoms with Gasteiger partial charge in [0.1, 0.15) is 24.3 Å². The van der Waals surface area contributed by atoms with Gasteiger partial charge in [-0.05, 0) is 30.3 Å². The van der Waals surface area contributed by atoms with Crippen LogP contribution in [0.15, 0.2) is 41.4 Å². The number of Topliss-reactive ketones (excluding diaryl/α,β-unsaturated/α-hetero) is 1. The Kier molecular flexibility index (Phi) is 5.63. The number of pyridine rings is 1. The number of ether oxygens (including phenoxy) is 4. The molecule has 1 aliphatic rings. The summed E-state index contributed by atoms with van der Waals surface area (Å²) in [6, 6.07) is 12.6. The van der Waals surface area contributed by atoms with E-state index in [9.17, 15) is 10.1 Å². The Hall–Kier alpha value is -3.44. The molecule has 3 aromatic rings. The molecule has 0 aliphatic carbocycles. The van der Waals surface area contributed by atoms with Crippen molar-refractivity contribution in [2.24, 2.45) is 0 Å². The van der Waals surface area contributed by atoms with Gasteiger partial charge in [0.15, 0.2) is 28.8 Å². The number of methoxy groups -OCH3 is 2. The van der Waals surface area contributed by atoms with Gasteiger partial charge in [0.2, 0.25) is 0 Å². The van der Waals surface area contributed by atoms with Crippen molar-refractivity contribution in [3.63, 3.8) is 0 Å². The van der Waals surface area contributed by atoms with E-state index in [0.29, 0.717) is 57.9 Å². The van der Waals surface area contributed by atoms with Gasteiger partial charge in [-0.15, -0.1) is 0 Å². The number of carbonyl (C=O) groups excluding carboxylic acids is 1. The van der Waals surface area contributed by atoms with Gasteiger partial charge >= 0.3 is 0 Å². The Balaban J connectivity index is 1.58. The first-order valence-corrected chi connectivity index (χ1v) is 10.1. The minimum atomic E-state index is -0.0879. The van der Waals surface area contributed by atoms with Crippen LogP contribution < -0.4 is 18.9 Å². The summed E-state index contributed by atoms with van der Waals surface area (Å²) in [7, 11) is 3.10. The first-order valence-electron chi connectivity index (χ1n) is 9.15. The van der Waals surface area contributed by atoms with E-state index in [1.165, 1.54) is 11.8 Å². The zero-order valence-corrected chi connectivity index (χ0v) is 17.2. The average molecular weight is 422 g/mol. The number of benzene rings is 2. The van der Waals surface area contributed by atoms with E-state index in [0.717, 1.165) is 5.39 Å². The Labute approximate surface area is 177 Å². The molecule has 0 radical (unpaired) electrons. The number of thioether (sulfide) groups is 1. The Morgan fingerprint density at radius 3 is 2.57 bits per heavy atom. The summed E-state index contributed by atoms with van der Waals surface area (Å²) in [5, 5.41) is 10.8. The smallest absolute Gasteiger partial charge is 0.173 e. The number of nitriles is 1. The minimum Gasteiger partial charge on any atom is -0.493 e. The zero-order valence-electron chi connectivity index (χ0n) is 16.4. The Bertz CT molecular complexity index is 1170. The number of hydrogen-bond acceptors (Lipinski definition) is 8. The third-order valence-electron chi connectivity index (χ3n) is 4.61. The van der Waals surface area contributed by atoms with E-state index in [2.05, 4.69) is 11.1 Å². The molecule has 4 rings (SSSR count). The Morgan fingerprint density at radius 2 is 1.83 bits per heavy atom. The molecule has 2 aromatic carbocycles. The molecular weight excluding hydrogens is 404 g/mol. The van der Waals surface area contributed by atoms with Gasteiger partial charge in [0.05, 0.1) is 31.1 Å². The van der Waals surface area contributed by atoms with Crippen LogP contribution in [0.4, 0.5) is 0 Å². The van der Waals surface area contributed by atoms with Crippen LogP contribution in [0.25, 0.3) is 10.9 Å². The Morgan fingerprint density at radius 1 is 1.10 bits per heavy atom. The molecule has 0 unspecified atom stereocenters. The first-order chi connectivity index (χ1) is 14.6. The summed E-state index contributed by atoms with van der Waals surface area (Å²) >= 11 is 1.22. The van der Waals surface area contributed by atoms with Gasteiger partial charge in [-0.25, -0.2) is 4.98 Å². The lowest BCUT2D eigenvalue weighted by Crippen LogP contribution is -2.16. The number of carbonyl (C=O) groups is 1. The number of rotatable bonds is 6. The van der Waals surface area contributed by atoms with E-state index in [1.54, 1.807) is 50.6 Å². The van der Waals surface area contributed by atoms with Gasteiger partial charge in [0.25, 0.3) is 0 Å². The van der Waals surface area contributed by atoms with Crippen LogP contribution in [-0.2, 0) is 0 Å². The molecule has 0 N–H and O–H groups in total. The third-order valence-corrected chi connectivity index (χ3v) is 5.60. The largest absolute Gasteiger partial charge is 0.493 e. The summed E-state index contributed by atoms with van der Waals surface area (Å²) in [5.41, 5.74) is 1.58. The summed E-state index contributed by atoms with van der Waals surface area (Å²) in [6.45, 7) is 0.956. The second-order valence-corrected chi connectivity index (χ2v) is 7.39. The van der Waals surface area contributed by atoms with Crippen molar-refractivity contribution in [1.82, 2.24) is 4.98 Å². The summed E-state index contributed by atoms with van der Waals surface area (Å²) in [5.74, 6) is 2.36. The molecule has 0 saturated heterocycles. The molecule has 7 nitrogen and oxygen atoms in total. The van der Waals surface area contributed by atoms with Crippen molar-refractivity contribution >= 4 is 28.4 Å². The molecule has 1 aliphatic heterocycles. The van der Waals surface area contributed by atoms with Crippen LogP contribution in [0.2, 0.25) is 0 Å². The van der Waals surface area contributed by atoms with Crippen LogP contribution in [0.3, 0.4) is 0 Å². The molecule has 8 heteroatoms. The molecular formula is C22H18N2O5S. The van der Waals surface area contributed by atoms with Crippen molar-refractivity contribution in [2.45, 2.75) is 5.03 Å². The molecule has 0 bridgehead atoms. The standard InChI is InChI=1S/C22H18N2O5S/c1-26-19-9-14-7-15(11-23)22(24-16(14)10-20(19)27-2)30-12-17(25)13-3-4-18-21(8-13)29-6-5-28-18/h3-4,7-10H,5-6,12H2,1-2H3. The number of nitrogens with zero attached hydrogens (tertiary/aromatic N) is 2. The predicted molar refractivity (Wildman–Crippen MR) is 112 cm³/mol. The van der Waals surface area contributed by atoms with Crippen molar-refractivity contribution in [3.05, 3.63) is 47.5 Å². The zero-order chi connectivity index (χ0) is 21.1. The fraction of sp³-hybridized carbons (Fsp3) is 0.227. The average Bonchev–Trinajstić information content (AvgIpc) is 2.80. The van der Waals surface area contributed by atoms with Crippen LogP contribution in [0.5, 0.6) is 23.0 Å². The van der Waals surface area contributed by atoms with Gasteiger partial charge in [0, 0.05) is 17.0 Å². The van der Waals surface area contributed by atoms with E-state index in [-0.39, 0.29) is 11.5 Å². The highest BCUT2D eigenvalue weighted by atomic mass is 32.2. The van der Waals surface area contributed by atoms with Crippen molar-refractivity contribution in [3.8, 4) is 29.1 Å². The second kappa shape index (κ2) is 8.51. The van der Waals surface area contributed by atoms with E-state index in [4.69, 9.17) is 18.9 Å². The number of hydrogen-bond donors (Lipinski definition) is 0. The molecule has 0 atom stereocenters. The molecule has 0 amide bonds. The van der Waals surface area contributed by atoms with E-state index < -0.39 is 0 Å². The normalized spacial score (nSPS) is 12.3. The van der Waals surface area contributed by atoms with Crippen LogP contribution in [0.1, 0.15) is 15.9 Å². The number of fused-ring (bicyclic) bond motifs is 2. The molecule has 2 heterocycles. The van der Waals surface area contributed by atoms with Crippen molar-refractivity contribution < 1.29 is 23.7 Å². The lowest BCUT2D eigenvalue weighted by molar-refractivity contribution is 0.102. The van der Waals surface area contributed by atoms with Crippen molar-refractivity contribution in [2.75, 3.05) is 33.2 Å². The molecule has 0 fully saturated rings. The van der Waals surface area contributed by atoms with Crippen LogP contribution >= 0.6 is 11.8 Å². The quantitative estimate of drug-likeness (QED) is 0.437. The van der Waals surface area contributed by atoms with E-state index in [1.807, 2.05) is 0 Å². The number of aromatic nitrogens is 1. The first kappa shape index (κ1) is 19.9. The van der Waals surface area contributed by atoms with Crippen LogP contribution in [0, 0.1) is 11.3 Å². The highest BCUT2D eigenvalue weighted by Gasteiger charge is 2.17. The highest BCUT2D eigenvalue weighted by molar-refractivity contribution is 8.00. The fourth-order valence-corrected chi connectivity index (χ4v) is 3.96. The molecule has 0 spiro atoms. The maximum absolute atomic E-state index is 12.7. The van der Waals surface area contributed by atoms with Gasteiger partial charge < -0.3 is 18.9 Å². The number of ketones is 1. The van der Waals surface area contributed by atoms with Gasteiger partial charge in [-0.2, -0.15) is 5.26 Å². The minimum absolute atomic E-state index is 0.0879. The van der Waals surface area contributed by atoms with E-state index >= 15 is 0 Å². The summed E-state index contributed by atoms with van der Waals surface area (Å²) < 4.78 is 21.7. The molecule has 0 saturated carbocycles. The summed E-state index contributed by atoms with van der Waals surface area (Å²) in [4.78, 5) is 17.3. The monoisotopic (exact) mass is 422 g/mol. The van der Waals surface area contributed by atoms with Gasteiger partial charge in [-0.1, -0.05) is 11.8 Å². The van der Waals surface area contributed by atoms with Crippen LogP contribution in [-0.4, -0.2) is 44.0 Å². The second-order valence-electron chi connectivity index (χ2n) is 6.42. The molecule has 1 aromatic heterocycles. The highest BCUT2D eigenvalue weighted by Crippen LogP contribution is 2.34. The summed E-state index contributed by atoms with van der Waals surface area (Å²) in [6.07, 6.45) is 0. The SMILES string of the molecule is COc1cc2cc(C#N)c(SCC(=O)c3ccc4c(c3)OCCO4)nc2cc1OC. The lowest BCUT2D eigenvalue weighted by atomic mass is 10.1. The van der Waals surface area contributed by atoms with Crippen molar-refractivity contribution in [1.29, 1.82) is 5.26 Å². The molecule has 30 heavy (non-hydrogen) atoms.